The Morgan fingerprint density at radius 1 is 1.12 bits per heavy atom. The lowest BCUT2D eigenvalue weighted by molar-refractivity contribution is -0.152. The Morgan fingerprint density at radius 3 is 2.53 bits per heavy atom. The predicted molar refractivity (Wildman–Crippen MR) is 158 cm³/mol. The maximum atomic E-state index is 13.1. The third-order valence-corrected chi connectivity index (χ3v) is 7.43. The van der Waals surface area contributed by atoms with Gasteiger partial charge >= 0.3 is 11.9 Å². The molecule has 1 heterocycles. The molecule has 0 amide bonds. The molecule has 43 heavy (non-hydrogen) atoms. The zero-order chi connectivity index (χ0) is 31.0. The van der Waals surface area contributed by atoms with Gasteiger partial charge in [0.2, 0.25) is 0 Å². The van der Waals surface area contributed by atoms with Crippen molar-refractivity contribution in [3.63, 3.8) is 0 Å². The van der Waals surface area contributed by atoms with Crippen LogP contribution in [0.5, 0.6) is 11.5 Å². The van der Waals surface area contributed by atoms with Gasteiger partial charge in [-0.1, -0.05) is 42.8 Å². The molecular weight excluding hydrogens is 556 g/mol. The summed E-state index contributed by atoms with van der Waals surface area (Å²) in [5, 5.41) is 20.3. The molecule has 1 saturated carbocycles. The average Bonchev–Trinajstić information content (AvgIpc) is 3.54. The summed E-state index contributed by atoms with van der Waals surface area (Å²) in [6.07, 6.45) is 7.49. The Kier molecular flexibility index (Phi) is 11.0. The Bertz CT molecular complexity index is 1300. The molecular formula is C33H40O10. The Hall–Kier alpha value is -3.70. The summed E-state index contributed by atoms with van der Waals surface area (Å²) in [6, 6.07) is 11.8. The number of carboxylic acids is 1. The highest BCUT2D eigenvalue weighted by Gasteiger charge is 2.45. The number of hydrogen-bond donors (Lipinski definition) is 2. The lowest BCUT2D eigenvalue weighted by atomic mass is 9.99. The molecule has 2 aromatic rings. The molecule has 232 valence electrons. The smallest absolute Gasteiger partial charge is 0.340 e. The van der Waals surface area contributed by atoms with E-state index in [1.165, 1.54) is 20.3 Å². The topological polar surface area (TPSA) is 130 Å². The minimum atomic E-state index is -1.17. The molecule has 1 aliphatic heterocycles. The number of esters is 1. The second kappa shape index (κ2) is 14.7. The van der Waals surface area contributed by atoms with Crippen LogP contribution >= 0.6 is 0 Å². The van der Waals surface area contributed by atoms with Crippen LogP contribution in [0.15, 0.2) is 60.7 Å². The van der Waals surface area contributed by atoms with Crippen molar-refractivity contribution in [2.75, 3.05) is 21.0 Å². The highest BCUT2D eigenvalue weighted by atomic mass is 16.8. The van der Waals surface area contributed by atoms with Gasteiger partial charge in [0, 0.05) is 19.1 Å². The summed E-state index contributed by atoms with van der Waals surface area (Å²) >= 11 is 0. The number of methoxy groups -OCH3 is 2. The van der Waals surface area contributed by atoms with Gasteiger partial charge in [-0.2, -0.15) is 0 Å². The van der Waals surface area contributed by atoms with Crippen LogP contribution < -0.4 is 9.47 Å². The fraction of sp³-hybridized carbons (Fsp3) is 0.455. The predicted octanol–water partition coefficient (Wildman–Crippen LogP) is 5.24. The summed E-state index contributed by atoms with van der Waals surface area (Å²) in [4.78, 5) is 25.3. The normalized spacial score (nSPS) is 23.9. The molecule has 2 aliphatic rings. The van der Waals surface area contributed by atoms with Gasteiger partial charge in [0.05, 0.1) is 24.9 Å². The fourth-order valence-corrected chi connectivity index (χ4v) is 5.41. The van der Waals surface area contributed by atoms with Gasteiger partial charge in [-0.15, -0.1) is 0 Å². The number of aromatic carboxylic acids is 1. The van der Waals surface area contributed by atoms with Crippen LogP contribution in [0.4, 0.5) is 0 Å². The van der Waals surface area contributed by atoms with Crippen LogP contribution in [-0.4, -0.2) is 73.4 Å². The number of rotatable bonds is 13. The lowest BCUT2D eigenvalue weighted by Crippen LogP contribution is -2.37. The SMILES string of the molecule is COCOc1cc(OC)cc(/C=C/C[C@@H]2OC(C)(C)O[C@@H]2C(/C=C\C2CCCC2O)OC(=O)c2ccccc2)c1C(=O)O. The molecule has 0 bridgehead atoms. The molecule has 10 nitrogen and oxygen atoms in total. The quantitative estimate of drug-likeness (QED) is 0.180. The van der Waals surface area contributed by atoms with Crippen molar-refractivity contribution in [1.82, 2.24) is 0 Å². The van der Waals surface area contributed by atoms with E-state index in [1.807, 2.05) is 12.1 Å². The molecule has 0 radical (unpaired) electrons. The van der Waals surface area contributed by atoms with E-state index >= 15 is 0 Å². The van der Waals surface area contributed by atoms with Crippen molar-refractivity contribution in [3.8, 4) is 11.5 Å². The fourth-order valence-electron chi connectivity index (χ4n) is 5.41. The van der Waals surface area contributed by atoms with Gasteiger partial charge in [-0.3, -0.25) is 0 Å². The minimum absolute atomic E-state index is 0.0383. The van der Waals surface area contributed by atoms with Crippen molar-refractivity contribution in [1.29, 1.82) is 0 Å². The van der Waals surface area contributed by atoms with E-state index in [2.05, 4.69) is 0 Å². The maximum Gasteiger partial charge on any atom is 0.340 e. The van der Waals surface area contributed by atoms with Crippen LogP contribution in [0.3, 0.4) is 0 Å². The van der Waals surface area contributed by atoms with Gasteiger partial charge in [0.1, 0.15) is 29.3 Å². The molecule has 3 unspecified atom stereocenters. The van der Waals surface area contributed by atoms with Crippen molar-refractivity contribution in [2.45, 2.75) is 69.7 Å². The first-order chi connectivity index (χ1) is 20.6. The van der Waals surface area contributed by atoms with Crippen LogP contribution in [0, 0.1) is 5.92 Å². The molecule has 4 rings (SSSR count). The third kappa shape index (κ3) is 8.45. The van der Waals surface area contributed by atoms with E-state index in [0.29, 0.717) is 23.3 Å². The molecule has 1 saturated heterocycles. The number of aliphatic hydroxyl groups excluding tert-OH is 1. The standard InChI is InChI=1S/C33H40O10/c1-33(2)42-27(15-9-13-23-18-24(39-4)19-28(40-20-38-3)29(23)31(35)36)30(43-33)26(17-16-21-12-8-14-25(21)34)41-32(37)22-10-6-5-7-11-22/h5-7,9-11,13,16-19,21,25-27,30,34H,8,12,14-15,20H2,1-4H3,(H,35,36)/b13-9+,17-16-/t21?,25?,26?,27-,30+/m0/s1. The average molecular weight is 597 g/mol. The number of carbonyl (C=O) groups excluding carboxylic acids is 1. The van der Waals surface area contributed by atoms with Gasteiger partial charge in [-0.05, 0) is 62.9 Å². The summed E-state index contributed by atoms with van der Waals surface area (Å²) in [7, 11) is 2.92. The lowest BCUT2D eigenvalue weighted by Gasteiger charge is -2.25. The maximum absolute atomic E-state index is 13.1. The van der Waals surface area contributed by atoms with Crippen molar-refractivity contribution in [2.24, 2.45) is 5.92 Å². The Labute approximate surface area is 251 Å². The third-order valence-electron chi connectivity index (χ3n) is 7.43. The van der Waals surface area contributed by atoms with E-state index in [9.17, 15) is 19.8 Å². The number of carbonyl (C=O) groups is 2. The molecule has 10 heteroatoms. The van der Waals surface area contributed by atoms with E-state index in [-0.39, 0.29) is 24.0 Å². The van der Waals surface area contributed by atoms with Crippen LogP contribution in [-0.2, 0) is 18.9 Å². The first kappa shape index (κ1) is 32.2. The largest absolute Gasteiger partial charge is 0.497 e. The van der Waals surface area contributed by atoms with Crippen molar-refractivity contribution in [3.05, 3.63) is 77.4 Å². The Morgan fingerprint density at radius 2 is 1.88 bits per heavy atom. The monoisotopic (exact) mass is 596 g/mol. The molecule has 0 spiro atoms. The van der Waals surface area contributed by atoms with E-state index in [0.717, 1.165) is 19.3 Å². The zero-order valence-electron chi connectivity index (χ0n) is 24.9. The number of hydrogen-bond acceptors (Lipinski definition) is 9. The minimum Gasteiger partial charge on any atom is -0.497 e. The number of ether oxygens (including phenoxy) is 6. The molecule has 5 atom stereocenters. The second-order valence-corrected chi connectivity index (χ2v) is 11.0. The summed E-state index contributed by atoms with van der Waals surface area (Å²) in [5.41, 5.74) is 0.735. The molecule has 2 aromatic carbocycles. The van der Waals surface area contributed by atoms with Gasteiger partial charge in [-0.25, -0.2) is 9.59 Å². The summed E-state index contributed by atoms with van der Waals surface area (Å²) in [5.74, 6) is -2.15. The molecule has 1 aliphatic carbocycles. The molecule has 2 fully saturated rings. The van der Waals surface area contributed by atoms with Crippen molar-refractivity contribution >= 4 is 18.0 Å². The summed E-state index contributed by atoms with van der Waals surface area (Å²) < 4.78 is 34.3. The van der Waals surface area contributed by atoms with Gasteiger partial charge < -0.3 is 38.6 Å². The van der Waals surface area contributed by atoms with E-state index in [1.54, 1.807) is 62.4 Å². The second-order valence-electron chi connectivity index (χ2n) is 11.0. The Balaban J connectivity index is 1.60. The van der Waals surface area contributed by atoms with Crippen LogP contribution in [0.1, 0.15) is 65.8 Å². The van der Waals surface area contributed by atoms with E-state index in [4.69, 9.17) is 28.4 Å². The number of benzene rings is 2. The van der Waals surface area contributed by atoms with Crippen LogP contribution in [0.25, 0.3) is 6.08 Å². The first-order valence-electron chi connectivity index (χ1n) is 14.3. The van der Waals surface area contributed by atoms with E-state index < -0.39 is 42.1 Å². The van der Waals surface area contributed by atoms with Crippen LogP contribution in [0.2, 0.25) is 0 Å². The van der Waals surface area contributed by atoms with Gasteiger partial charge in [0.15, 0.2) is 12.6 Å². The first-order valence-corrected chi connectivity index (χ1v) is 14.3. The molecule has 0 aromatic heterocycles. The zero-order valence-corrected chi connectivity index (χ0v) is 24.9. The number of carboxylic acid groups (broad SMARTS) is 1. The molecule has 2 N–H and O–H groups in total. The highest BCUT2D eigenvalue weighted by Crippen LogP contribution is 2.36. The highest BCUT2D eigenvalue weighted by molar-refractivity contribution is 5.95. The van der Waals surface area contributed by atoms with Crippen molar-refractivity contribution < 1.29 is 48.2 Å². The summed E-state index contributed by atoms with van der Waals surface area (Å²) in [6.45, 7) is 3.44. The van der Waals surface area contributed by atoms with Gasteiger partial charge in [0.25, 0.3) is 0 Å². The number of aliphatic hydroxyl groups is 1.